The van der Waals surface area contributed by atoms with E-state index >= 15 is 0 Å². The molecule has 0 aliphatic rings. The Kier molecular flexibility index (Phi) is 5.97. The first kappa shape index (κ1) is 22.8. The van der Waals surface area contributed by atoms with E-state index in [1.54, 1.807) is 18.2 Å². The van der Waals surface area contributed by atoms with Gasteiger partial charge in [0.25, 0.3) is 11.5 Å². The van der Waals surface area contributed by atoms with E-state index in [0.29, 0.717) is 11.3 Å². The van der Waals surface area contributed by atoms with E-state index < -0.39 is 23.2 Å². The molecule has 7 nitrogen and oxygen atoms in total. The van der Waals surface area contributed by atoms with Crippen molar-refractivity contribution in [2.75, 3.05) is 24.3 Å². The summed E-state index contributed by atoms with van der Waals surface area (Å²) in [5, 5.41) is 2.89. The van der Waals surface area contributed by atoms with E-state index in [9.17, 15) is 22.8 Å². The van der Waals surface area contributed by atoms with Gasteiger partial charge in [-0.3, -0.25) is 9.59 Å². The molecule has 0 radical (unpaired) electrons. The van der Waals surface area contributed by atoms with Crippen molar-refractivity contribution in [3.8, 4) is 11.5 Å². The summed E-state index contributed by atoms with van der Waals surface area (Å²) >= 11 is 0. The van der Waals surface area contributed by atoms with Crippen molar-refractivity contribution in [3.05, 3.63) is 88.5 Å². The minimum atomic E-state index is -4.51. The molecule has 4 aromatic rings. The summed E-state index contributed by atoms with van der Waals surface area (Å²) in [7, 11) is 3.74. The molecular formula is C24H19F3N4O3. The summed E-state index contributed by atoms with van der Waals surface area (Å²) in [6, 6.07) is 13.9. The standard InChI is InChI=1S/C24H19F3N4O3/c1-31(2)16-4-3-5-17(10-16)34-21-11-18-19(28-13-29-23(18)33)12-20(21)30-22(32)14-6-8-15(9-7-14)24(25,26)27/h3-13H,1-2H3,(H,30,32)(H,28,29,33). The zero-order chi connectivity index (χ0) is 24.5. The molecule has 1 heterocycles. The SMILES string of the molecule is CN(C)c1cccc(Oc2cc3c(=O)[nH]cnc3cc2NC(=O)c2ccc(C(F)(F)F)cc2)c1. The average Bonchev–Trinajstić information content (AvgIpc) is 2.79. The fourth-order valence-corrected chi connectivity index (χ4v) is 3.23. The van der Waals surface area contributed by atoms with Crippen LogP contribution in [0.4, 0.5) is 24.5 Å². The Labute approximate surface area is 191 Å². The van der Waals surface area contributed by atoms with Crippen molar-refractivity contribution in [2.24, 2.45) is 0 Å². The average molecular weight is 468 g/mol. The zero-order valence-corrected chi connectivity index (χ0v) is 18.1. The third-order valence-corrected chi connectivity index (χ3v) is 5.03. The number of aromatic nitrogens is 2. The summed E-state index contributed by atoms with van der Waals surface area (Å²) in [6.07, 6.45) is -3.28. The Hall–Kier alpha value is -4.34. The monoisotopic (exact) mass is 468 g/mol. The smallest absolute Gasteiger partial charge is 0.416 e. The number of nitrogens with one attached hydrogen (secondary N) is 2. The summed E-state index contributed by atoms with van der Waals surface area (Å²) in [5.41, 5.74) is 0.146. The third kappa shape index (κ3) is 4.85. The molecule has 0 atom stereocenters. The number of rotatable bonds is 5. The minimum Gasteiger partial charge on any atom is -0.455 e. The summed E-state index contributed by atoms with van der Waals surface area (Å²) in [5.74, 6) is -0.0251. The van der Waals surface area contributed by atoms with Crippen LogP contribution in [0.2, 0.25) is 0 Å². The summed E-state index contributed by atoms with van der Waals surface area (Å²) in [4.78, 5) is 33.5. The molecule has 0 fully saturated rings. The Morgan fingerprint density at radius 3 is 2.47 bits per heavy atom. The number of halogens is 3. The molecule has 0 aliphatic carbocycles. The van der Waals surface area contributed by atoms with Gasteiger partial charge in [-0.25, -0.2) is 4.98 Å². The van der Waals surface area contributed by atoms with Crippen LogP contribution in [0.3, 0.4) is 0 Å². The predicted molar refractivity (Wildman–Crippen MR) is 123 cm³/mol. The normalized spacial score (nSPS) is 11.3. The predicted octanol–water partition coefficient (Wildman–Crippen LogP) is 5.05. The molecule has 4 rings (SSSR count). The highest BCUT2D eigenvalue weighted by atomic mass is 19.4. The lowest BCUT2D eigenvalue weighted by atomic mass is 10.1. The Morgan fingerprint density at radius 2 is 1.79 bits per heavy atom. The largest absolute Gasteiger partial charge is 0.455 e. The molecule has 0 aliphatic heterocycles. The number of ether oxygens (including phenoxy) is 1. The lowest BCUT2D eigenvalue weighted by Crippen LogP contribution is -2.14. The molecular weight excluding hydrogens is 449 g/mol. The number of alkyl halides is 3. The lowest BCUT2D eigenvalue weighted by Gasteiger charge is -2.16. The number of anilines is 2. The quantitative estimate of drug-likeness (QED) is 0.428. The van der Waals surface area contributed by atoms with Crippen LogP contribution in [-0.4, -0.2) is 30.0 Å². The second-order valence-electron chi connectivity index (χ2n) is 7.62. The van der Waals surface area contributed by atoms with Crippen molar-refractivity contribution in [1.29, 1.82) is 0 Å². The maximum Gasteiger partial charge on any atom is 0.416 e. The van der Waals surface area contributed by atoms with Gasteiger partial charge >= 0.3 is 6.18 Å². The Morgan fingerprint density at radius 1 is 1.06 bits per heavy atom. The van der Waals surface area contributed by atoms with E-state index in [1.165, 1.54) is 18.5 Å². The molecule has 0 saturated heterocycles. The lowest BCUT2D eigenvalue weighted by molar-refractivity contribution is -0.137. The third-order valence-electron chi connectivity index (χ3n) is 5.03. The number of hydrogen-bond donors (Lipinski definition) is 2. The number of aromatic amines is 1. The molecule has 10 heteroatoms. The summed E-state index contributed by atoms with van der Waals surface area (Å²) in [6.45, 7) is 0. The molecule has 0 unspecified atom stereocenters. The van der Waals surface area contributed by atoms with Crippen LogP contribution in [0, 0.1) is 0 Å². The molecule has 34 heavy (non-hydrogen) atoms. The van der Waals surface area contributed by atoms with Crippen LogP contribution in [0.5, 0.6) is 11.5 Å². The number of amides is 1. The highest BCUT2D eigenvalue weighted by molar-refractivity contribution is 6.06. The molecule has 0 saturated carbocycles. The van der Waals surface area contributed by atoms with Crippen molar-refractivity contribution in [1.82, 2.24) is 9.97 Å². The van der Waals surface area contributed by atoms with Crippen LogP contribution in [0.1, 0.15) is 15.9 Å². The topological polar surface area (TPSA) is 87.3 Å². The fourth-order valence-electron chi connectivity index (χ4n) is 3.23. The van der Waals surface area contributed by atoms with Crippen molar-refractivity contribution in [3.63, 3.8) is 0 Å². The Bertz CT molecular complexity index is 1410. The van der Waals surface area contributed by atoms with Gasteiger partial charge in [0.2, 0.25) is 0 Å². The molecule has 2 N–H and O–H groups in total. The van der Waals surface area contributed by atoms with Crippen LogP contribution < -0.4 is 20.5 Å². The number of carbonyl (C=O) groups excluding carboxylic acids is 1. The van der Waals surface area contributed by atoms with Crippen LogP contribution in [0.15, 0.2) is 71.8 Å². The van der Waals surface area contributed by atoms with Gasteiger partial charge in [0.05, 0.1) is 28.5 Å². The maximum absolute atomic E-state index is 12.8. The number of hydrogen-bond acceptors (Lipinski definition) is 5. The molecule has 0 bridgehead atoms. The highest BCUT2D eigenvalue weighted by Crippen LogP contribution is 2.34. The van der Waals surface area contributed by atoms with Gasteiger partial charge in [0, 0.05) is 31.4 Å². The van der Waals surface area contributed by atoms with Gasteiger partial charge < -0.3 is 19.9 Å². The van der Waals surface area contributed by atoms with E-state index in [-0.39, 0.29) is 22.4 Å². The first-order valence-corrected chi connectivity index (χ1v) is 10.1. The molecule has 3 aromatic carbocycles. The second-order valence-corrected chi connectivity index (χ2v) is 7.62. The van der Waals surface area contributed by atoms with Gasteiger partial charge in [-0.05, 0) is 48.5 Å². The van der Waals surface area contributed by atoms with Crippen LogP contribution in [-0.2, 0) is 6.18 Å². The van der Waals surface area contributed by atoms with Crippen LogP contribution >= 0.6 is 0 Å². The van der Waals surface area contributed by atoms with E-state index in [0.717, 1.165) is 30.0 Å². The highest BCUT2D eigenvalue weighted by Gasteiger charge is 2.30. The maximum atomic E-state index is 12.8. The van der Waals surface area contributed by atoms with Crippen molar-refractivity contribution >= 4 is 28.2 Å². The Balaban J connectivity index is 1.71. The zero-order valence-electron chi connectivity index (χ0n) is 18.1. The van der Waals surface area contributed by atoms with Gasteiger partial charge in [0.1, 0.15) is 5.75 Å². The first-order chi connectivity index (χ1) is 16.1. The summed E-state index contributed by atoms with van der Waals surface area (Å²) < 4.78 is 44.5. The van der Waals surface area contributed by atoms with Crippen LogP contribution in [0.25, 0.3) is 10.9 Å². The minimum absolute atomic E-state index is 0.0209. The molecule has 1 aromatic heterocycles. The number of H-pyrrole nitrogens is 1. The van der Waals surface area contributed by atoms with Crippen molar-refractivity contribution < 1.29 is 22.7 Å². The number of nitrogens with zero attached hydrogens (tertiary/aromatic N) is 2. The van der Waals surface area contributed by atoms with Gasteiger partial charge in [0.15, 0.2) is 5.75 Å². The van der Waals surface area contributed by atoms with E-state index in [2.05, 4.69) is 15.3 Å². The molecule has 174 valence electrons. The van der Waals surface area contributed by atoms with Crippen molar-refractivity contribution in [2.45, 2.75) is 6.18 Å². The second kappa shape index (κ2) is 8.89. The number of fused-ring (bicyclic) bond motifs is 1. The number of benzene rings is 3. The molecule has 1 amide bonds. The number of carbonyl (C=O) groups is 1. The van der Waals surface area contributed by atoms with E-state index in [4.69, 9.17) is 4.74 Å². The van der Waals surface area contributed by atoms with Gasteiger partial charge in [-0.15, -0.1) is 0 Å². The van der Waals surface area contributed by atoms with Gasteiger partial charge in [-0.2, -0.15) is 13.2 Å². The van der Waals surface area contributed by atoms with E-state index in [1.807, 2.05) is 25.1 Å². The first-order valence-electron chi connectivity index (χ1n) is 10.1. The molecule has 0 spiro atoms. The fraction of sp³-hybridized carbons (Fsp3) is 0.125. The van der Waals surface area contributed by atoms with Gasteiger partial charge in [-0.1, -0.05) is 6.07 Å².